The maximum Gasteiger partial charge on any atom is 0.277 e. The van der Waals surface area contributed by atoms with E-state index in [-0.39, 0.29) is 5.91 Å². The van der Waals surface area contributed by atoms with E-state index in [4.69, 9.17) is 14.5 Å². The largest absolute Gasteiger partial charge is 0.497 e. The Morgan fingerprint density at radius 2 is 1.14 bits per heavy atom. The summed E-state index contributed by atoms with van der Waals surface area (Å²) in [6.07, 6.45) is 4.12. The lowest BCUT2D eigenvalue weighted by Gasteiger charge is -2.34. The number of hydrogen-bond donors (Lipinski definition) is 0. The molecule has 0 atom stereocenters. The molecule has 0 saturated carbocycles. The molecule has 0 heterocycles. The van der Waals surface area contributed by atoms with Crippen molar-refractivity contribution in [2.24, 2.45) is 4.99 Å². The number of nitrogens with zero attached hydrogens (tertiary/aromatic N) is 1. The van der Waals surface area contributed by atoms with Gasteiger partial charge in [-0.3, -0.25) is 4.79 Å². The van der Waals surface area contributed by atoms with Crippen molar-refractivity contribution in [1.29, 1.82) is 0 Å². The molecular formula is C33H27NO3. The Balaban J connectivity index is 1.75. The maximum atomic E-state index is 13.5. The molecule has 0 aromatic heterocycles. The lowest BCUT2D eigenvalue weighted by atomic mass is 9.78. The zero-order chi connectivity index (χ0) is 25.7. The Bertz CT molecular complexity index is 1410. The van der Waals surface area contributed by atoms with Gasteiger partial charge in [-0.25, -0.2) is 4.99 Å². The van der Waals surface area contributed by atoms with Gasteiger partial charge in [0, 0.05) is 23.8 Å². The second kappa shape index (κ2) is 10.6. The van der Waals surface area contributed by atoms with Crippen molar-refractivity contribution in [3.8, 4) is 5.75 Å². The highest BCUT2D eigenvalue weighted by Gasteiger charge is 2.36. The van der Waals surface area contributed by atoms with Crippen molar-refractivity contribution < 1.29 is 14.3 Å². The predicted molar refractivity (Wildman–Crippen MR) is 149 cm³/mol. The third kappa shape index (κ3) is 4.92. The first-order valence-corrected chi connectivity index (χ1v) is 12.1. The molecule has 1 aliphatic carbocycles. The Labute approximate surface area is 217 Å². The van der Waals surface area contributed by atoms with E-state index in [1.807, 2.05) is 91.0 Å². The van der Waals surface area contributed by atoms with Gasteiger partial charge in [0.05, 0.1) is 12.8 Å². The van der Waals surface area contributed by atoms with Crippen molar-refractivity contribution in [3.63, 3.8) is 0 Å². The normalized spacial score (nSPS) is 17.0. The first kappa shape index (κ1) is 24.2. The van der Waals surface area contributed by atoms with Gasteiger partial charge >= 0.3 is 0 Å². The Hall–Kier alpha value is -4.54. The minimum absolute atomic E-state index is 0.328. The number of allylic oxidation sites excluding steroid dienone is 2. The summed E-state index contributed by atoms with van der Waals surface area (Å²) in [7, 11) is 3.30. The highest BCUT2D eigenvalue weighted by molar-refractivity contribution is 6.47. The molecule has 1 aliphatic rings. The molecule has 0 radical (unpaired) electrons. The van der Waals surface area contributed by atoms with Crippen LogP contribution in [0.2, 0.25) is 0 Å². The summed E-state index contributed by atoms with van der Waals surface area (Å²) in [6, 6.07) is 37.1. The molecule has 1 amide bonds. The molecule has 0 fully saturated rings. The standard InChI is InChI=1S/C33H27NO3/c1-36-28-20-18-26(19-21-28)32(35)34-31-29(24-12-6-3-7-13-24)22-33(37-2,27-16-10-5-11-17-27)23-30(31)25-14-8-4-9-15-25/h3-23H,1-2H3. The molecule has 4 aromatic carbocycles. The number of amides is 1. The van der Waals surface area contributed by atoms with E-state index in [1.165, 1.54) is 0 Å². The van der Waals surface area contributed by atoms with Crippen molar-refractivity contribution in [2.45, 2.75) is 5.60 Å². The average Bonchev–Trinajstić information content (AvgIpc) is 2.98. The van der Waals surface area contributed by atoms with Crippen LogP contribution in [0.25, 0.3) is 11.1 Å². The number of rotatable bonds is 6. The van der Waals surface area contributed by atoms with E-state index in [2.05, 4.69) is 12.2 Å². The molecule has 4 aromatic rings. The fraction of sp³-hybridized carbons (Fsp3) is 0.0909. The summed E-state index contributed by atoms with van der Waals surface area (Å²) >= 11 is 0. The number of benzene rings is 4. The second-order valence-corrected chi connectivity index (χ2v) is 8.71. The van der Waals surface area contributed by atoms with Gasteiger partial charge in [-0.15, -0.1) is 0 Å². The molecule has 5 rings (SSSR count). The monoisotopic (exact) mass is 485 g/mol. The van der Waals surface area contributed by atoms with E-state index in [1.54, 1.807) is 38.5 Å². The van der Waals surface area contributed by atoms with Crippen LogP contribution in [0.15, 0.2) is 132 Å². The fourth-order valence-corrected chi connectivity index (χ4v) is 4.55. The Kier molecular flexibility index (Phi) is 6.93. The van der Waals surface area contributed by atoms with E-state index in [0.29, 0.717) is 17.0 Å². The topological polar surface area (TPSA) is 47.9 Å². The fourth-order valence-electron chi connectivity index (χ4n) is 4.55. The third-order valence-corrected chi connectivity index (χ3v) is 6.51. The van der Waals surface area contributed by atoms with Crippen LogP contribution in [-0.2, 0) is 10.3 Å². The van der Waals surface area contributed by atoms with Gasteiger partial charge in [0.1, 0.15) is 11.4 Å². The highest BCUT2D eigenvalue weighted by atomic mass is 16.5. The number of carbonyl (C=O) groups is 1. The van der Waals surface area contributed by atoms with E-state index >= 15 is 0 Å². The summed E-state index contributed by atoms with van der Waals surface area (Å²) in [5, 5.41) is 0. The molecular weight excluding hydrogens is 458 g/mol. The summed E-state index contributed by atoms with van der Waals surface area (Å²) in [5.74, 6) is 0.357. The number of ether oxygens (including phenoxy) is 2. The number of hydrogen-bond acceptors (Lipinski definition) is 3. The second-order valence-electron chi connectivity index (χ2n) is 8.71. The van der Waals surface area contributed by atoms with Gasteiger partial charge < -0.3 is 9.47 Å². The van der Waals surface area contributed by atoms with E-state index in [0.717, 1.165) is 27.8 Å². The molecule has 182 valence electrons. The first-order valence-electron chi connectivity index (χ1n) is 12.1. The zero-order valence-corrected chi connectivity index (χ0v) is 20.8. The summed E-state index contributed by atoms with van der Waals surface area (Å²) in [6.45, 7) is 0. The quantitative estimate of drug-likeness (QED) is 0.295. The molecule has 4 nitrogen and oxygen atoms in total. The summed E-state index contributed by atoms with van der Waals surface area (Å²) in [5.41, 5.74) is 4.77. The van der Waals surface area contributed by atoms with E-state index < -0.39 is 5.60 Å². The van der Waals surface area contributed by atoms with Crippen molar-refractivity contribution >= 4 is 22.8 Å². The smallest absolute Gasteiger partial charge is 0.277 e. The van der Waals surface area contributed by atoms with Crippen molar-refractivity contribution in [3.05, 3.63) is 150 Å². The van der Waals surface area contributed by atoms with Crippen molar-refractivity contribution in [2.75, 3.05) is 14.2 Å². The van der Waals surface area contributed by atoms with Crippen LogP contribution >= 0.6 is 0 Å². The Morgan fingerprint density at radius 3 is 1.59 bits per heavy atom. The minimum Gasteiger partial charge on any atom is -0.497 e. The minimum atomic E-state index is -0.847. The van der Waals surface area contributed by atoms with Gasteiger partial charge in [-0.2, -0.15) is 0 Å². The zero-order valence-electron chi connectivity index (χ0n) is 20.8. The van der Waals surface area contributed by atoms with E-state index in [9.17, 15) is 4.79 Å². The molecule has 0 saturated heterocycles. The maximum absolute atomic E-state index is 13.5. The van der Waals surface area contributed by atoms with Crippen LogP contribution < -0.4 is 4.74 Å². The van der Waals surface area contributed by atoms with Gasteiger partial charge in [0.25, 0.3) is 5.91 Å². The summed E-state index contributed by atoms with van der Waals surface area (Å²) in [4.78, 5) is 18.2. The van der Waals surface area contributed by atoms with Crippen LogP contribution in [0.3, 0.4) is 0 Å². The lowest BCUT2D eigenvalue weighted by Crippen LogP contribution is -2.30. The molecule has 0 unspecified atom stereocenters. The molecule has 4 heteroatoms. The molecule has 0 bridgehead atoms. The number of methoxy groups -OCH3 is 2. The molecule has 37 heavy (non-hydrogen) atoms. The van der Waals surface area contributed by atoms with Crippen LogP contribution in [0.4, 0.5) is 0 Å². The predicted octanol–water partition coefficient (Wildman–Crippen LogP) is 7.00. The number of carbonyl (C=O) groups excluding carboxylic acids is 1. The lowest BCUT2D eigenvalue weighted by molar-refractivity contribution is 0.0732. The van der Waals surface area contributed by atoms with Gasteiger partial charge in [0.15, 0.2) is 0 Å². The number of aliphatic imine (C=N–C) groups is 1. The Morgan fingerprint density at radius 1 is 0.649 bits per heavy atom. The van der Waals surface area contributed by atoms with Crippen LogP contribution in [0.1, 0.15) is 27.0 Å². The van der Waals surface area contributed by atoms with Gasteiger partial charge in [-0.05, 0) is 53.1 Å². The third-order valence-electron chi connectivity index (χ3n) is 6.51. The van der Waals surface area contributed by atoms with Crippen LogP contribution in [0.5, 0.6) is 5.75 Å². The van der Waals surface area contributed by atoms with Gasteiger partial charge in [-0.1, -0.05) is 91.0 Å². The SMILES string of the molecule is COc1ccc(C(=O)N=C2C(c3ccccc3)=CC(OC)(c3ccccc3)C=C2c2ccccc2)cc1. The van der Waals surface area contributed by atoms with Crippen LogP contribution in [0, 0.1) is 0 Å². The average molecular weight is 486 g/mol. The molecule has 0 spiro atoms. The van der Waals surface area contributed by atoms with Gasteiger partial charge in [0.2, 0.25) is 0 Å². The molecule has 0 N–H and O–H groups in total. The first-order chi connectivity index (χ1) is 18.1. The van der Waals surface area contributed by atoms with Crippen molar-refractivity contribution in [1.82, 2.24) is 0 Å². The molecule has 0 aliphatic heterocycles. The summed E-state index contributed by atoms with van der Waals surface area (Å²) < 4.78 is 11.5. The van der Waals surface area contributed by atoms with Crippen LogP contribution in [-0.4, -0.2) is 25.8 Å². The highest BCUT2D eigenvalue weighted by Crippen LogP contribution is 2.42.